The standard InChI is InChI=1S/C24H38N6O4/c1-18(28-10-3-4-11-28)7-9-25-21(31)5-6-22(32)30-12-8-20-19(17-30)23(26-27(20)2)24(33)29-13-15-34-16-14-29/h18H,3-17H2,1-2H3,(H,25,31)/t18-/m0/s1. The Hall–Kier alpha value is -2.46. The number of fused-ring (bicyclic) bond motifs is 1. The second-order valence-corrected chi connectivity index (χ2v) is 9.60. The fraction of sp³-hybridized carbons (Fsp3) is 0.750. The first-order valence-electron chi connectivity index (χ1n) is 12.6. The van der Waals surface area contributed by atoms with Gasteiger partial charge in [0.1, 0.15) is 0 Å². The molecule has 1 atom stereocenters. The fourth-order valence-corrected chi connectivity index (χ4v) is 5.15. The first-order valence-corrected chi connectivity index (χ1v) is 12.6. The maximum atomic E-state index is 13.0. The summed E-state index contributed by atoms with van der Waals surface area (Å²) >= 11 is 0. The average Bonchev–Trinajstić information content (AvgIpc) is 3.51. The van der Waals surface area contributed by atoms with Gasteiger partial charge in [-0.2, -0.15) is 5.10 Å². The van der Waals surface area contributed by atoms with E-state index >= 15 is 0 Å². The van der Waals surface area contributed by atoms with Crippen molar-refractivity contribution in [3.05, 3.63) is 17.0 Å². The van der Waals surface area contributed by atoms with Gasteiger partial charge in [0.25, 0.3) is 5.91 Å². The van der Waals surface area contributed by atoms with E-state index in [1.54, 1.807) is 14.5 Å². The average molecular weight is 475 g/mol. The summed E-state index contributed by atoms with van der Waals surface area (Å²) in [5, 5.41) is 7.46. The summed E-state index contributed by atoms with van der Waals surface area (Å²) in [5.74, 6) is -0.235. The van der Waals surface area contributed by atoms with Crippen LogP contribution in [0.25, 0.3) is 0 Å². The quantitative estimate of drug-likeness (QED) is 0.591. The Bertz CT molecular complexity index is 888. The van der Waals surface area contributed by atoms with Crippen LogP contribution in [-0.4, -0.2) is 101 Å². The van der Waals surface area contributed by atoms with Crippen LogP contribution in [0.1, 0.15) is 60.8 Å². The smallest absolute Gasteiger partial charge is 0.274 e. The number of amides is 3. The van der Waals surface area contributed by atoms with Crippen molar-refractivity contribution in [3.8, 4) is 0 Å². The molecule has 0 saturated carbocycles. The van der Waals surface area contributed by atoms with Crippen molar-refractivity contribution in [3.63, 3.8) is 0 Å². The predicted molar refractivity (Wildman–Crippen MR) is 126 cm³/mol. The van der Waals surface area contributed by atoms with E-state index in [4.69, 9.17) is 4.74 Å². The number of morpholine rings is 1. The highest BCUT2D eigenvalue weighted by molar-refractivity contribution is 5.94. The Morgan fingerprint density at radius 3 is 2.50 bits per heavy atom. The summed E-state index contributed by atoms with van der Waals surface area (Å²) in [4.78, 5) is 44.2. The van der Waals surface area contributed by atoms with Gasteiger partial charge >= 0.3 is 0 Å². The van der Waals surface area contributed by atoms with Gasteiger partial charge in [-0.25, -0.2) is 0 Å². The van der Waals surface area contributed by atoms with Gasteiger partial charge in [-0.3, -0.25) is 19.1 Å². The number of carbonyl (C=O) groups excluding carboxylic acids is 3. The zero-order chi connectivity index (χ0) is 24.1. The van der Waals surface area contributed by atoms with Crippen LogP contribution in [0.4, 0.5) is 0 Å². The number of aromatic nitrogens is 2. The van der Waals surface area contributed by atoms with Gasteiger partial charge in [-0.05, 0) is 39.3 Å². The maximum Gasteiger partial charge on any atom is 0.274 e. The van der Waals surface area contributed by atoms with Crippen molar-refractivity contribution in [2.45, 2.75) is 58.0 Å². The molecule has 2 fully saturated rings. The number of likely N-dealkylation sites (tertiary alicyclic amines) is 1. The van der Waals surface area contributed by atoms with Crippen molar-refractivity contribution in [1.82, 2.24) is 29.8 Å². The highest BCUT2D eigenvalue weighted by atomic mass is 16.5. The van der Waals surface area contributed by atoms with Gasteiger partial charge in [0, 0.05) is 76.3 Å². The number of nitrogens with zero attached hydrogens (tertiary/aromatic N) is 5. The molecule has 34 heavy (non-hydrogen) atoms. The molecular formula is C24H38N6O4. The van der Waals surface area contributed by atoms with Crippen molar-refractivity contribution in [2.75, 3.05) is 52.5 Å². The molecule has 0 aromatic carbocycles. The maximum absolute atomic E-state index is 13.0. The highest BCUT2D eigenvalue weighted by Crippen LogP contribution is 2.24. The zero-order valence-electron chi connectivity index (χ0n) is 20.6. The Morgan fingerprint density at radius 1 is 1.03 bits per heavy atom. The van der Waals surface area contributed by atoms with Crippen molar-refractivity contribution < 1.29 is 19.1 Å². The van der Waals surface area contributed by atoms with E-state index in [9.17, 15) is 14.4 Å². The third-order valence-corrected chi connectivity index (χ3v) is 7.31. The first kappa shape index (κ1) is 24.7. The number of carbonyl (C=O) groups is 3. The van der Waals surface area contributed by atoms with Crippen LogP contribution in [0.5, 0.6) is 0 Å². The molecule has 1 aromatic rings. The van der Waals surface area contributed by atoms with Gasteiger partial charge in [0.2, 0.25) is 11.8 Å². The molecule has 4 rings (SSSR count). The van der Waals surface area contributed by atoms with E-state index in [0.717, 1.165) is 30.8 Å². The number of hydrogen-bond donors (Lipinski definition) is 1. The molecule has 188 valence electrons. The van der Waals surface area contributed by atoms with Crippen LogP contribution in [0.2, 0.25) is 0 Å². The number of nitrogens with one attached hydrogen (secondary N) is 1. The minimum atomic E-state index is -0.100. The molecule has 0 unspecified atom stereocenters. The topological polar surface area (TPSA) is 100 Å². The molecule has 0 spiro atoms. The Morgan fingerprint density at radius 2 is 1.76 bits per heavy atom. The summed E-state index contributed by atoms with van der Waals surface area (Å²) in [6, 6.07) is 0.473. The molecule has 0 bridgehead atoms. The van der Waals surface area contributed by atoms with Crippen molar-refractivity contribution >= 4 is 17.7 Å². The minimum absolute atomic E-state index is 0.0557. The van der Waals surface area contributed by atoms with E-state index in [-0.39, 0.29) is 30.6 Å². The van der Waals surface area contributed by atoms with Crippen LogP contribution in [0, 0.1) is 0 Å². The fourth-order valence-electron chi connectivity index (χ4n) is 5.15. The molecule has 1 aromatic heterocycles. The molecule has 3 aliphatic rings. The van der Waals surface area contributed by atoms with E-state index in [1.807, 2.05) is 7.05 Å². The second-order valence-electron chi connectivity index (χ2n) is 9.60. The molecule has 10 heteroatoms. The van der Waals surface area contributed by atoms with Gasteiger partial charge < -0.3 is 24.8 Å². The summed E-state index contributed by atoms with van der Waals surface area (Å²) in [6.07, 6.45) is 4.47. The largest absolute Gasteiger partial charge is 0.378 e. The zero-order valence-corrected chi connectivity index (χ0v) is 20.6. The first-order chi connectivity index (χ1) is 16.4. The monoisotopic (exact) mass is 474 g/mol. The van der Waals surface area contributed by atoms with Crippen LogP contribution in [-0.2, 0) is 34.3 Å². The lowest BCUT2D eigenvalue weighted by Crippen LogP contribution is -2.42. The molecule has 2 saturated heterocycles. The summed E-state index contributed by atoms with van der Waals surface area (Å²) in [7, 11) is 1.85. The second kappa shape index (κ2) is 11.3. The van der Waals surface area contributed by atoms with Gasteiger partial charge in [-0.15, -0.1) is 0 Å². The predicted octanol–water partition coefficient (Wildman–Crippen LogP) is 0.548. The van der Waals surface area contributed by atoms with Gasteiger partial charge in [0.15, 0.2) is 5.69 Å². The summed E-state index contributed by atoms with van der Waals surface area (Å²) in [5.41, 5.74) is 2.27. The molecule has 1 N–H and O–H groups in total. The molecule has 4 heterocycles. The lowest BCUT2D eigenvalue weighted by Gasteiger charge is -2.29. The van der Waals surface area contributed by atoms with E-state index in [2.05, 4.69) is 22.2 Å². The van der Waals surface area contributed by atoms with Crippen LogP contribution in [0.15, 0.2) is 0 Å². The van der Waals surface area contributed by atoms with E-state index < -0.39 is 0 Å². The number of aryl methyl sites for hydroxylation is 1. The van der Waals surface area contributed by atoms with Crippen LogP contribution < -0.4 is 5.32 Å². The van der Waals surface area contributed by atoms with E-state index in [0.29, 0.717) is 64.1 Å². The minimum Gasteiger partial charge on any atom is -0.378 e. The summed E-state index contributed by atoms with van der Waals surface area (Å²) in [6.45, 7) is 8.26. The third kappa shape index (κ3) is 5.78. The lowest BCUT2D eigenvalue weighted by atomic mass is 10.0. The molecule has 3 amide bonds. The molecule has 10 nitrogen and oxygen atoms in total. The van der Waals surface area contributed by atoms with Crippen LogP contribution in [0.3, 0.4) is 0 Å². The Kier molecular flexibility index (Phi) is 8.20. The van der Waals surface area contributed by atoms with Crippen molar-refractivity contribution in [2.24, 2.45) is 7.05 Å². The lowest BCUT2D eigenvalue weighted by molar-refractivity contribution is -0.134. The Labute approximate surface area is 201 Å². The molecule has 0 radical (unpaired) electrons. The van der Waals surface area contributed by atoms with Crippen molar-refractivity contribution in [1.29, 1.82) is 0 Å². The molecule has 0 aliphatic carbocycles. The Balaban J connectivity index is 1.25. The SMILES string of the molecule is C[C@@H](CCNC(=O)CCC(=O)N1CCc2c(c(C(=O)N3CCOCC3)nn2C)C1)N1CCCC1. The third-order valence-electron chi connectivity index (χ3n) is 7.31. The molecule has 3 aliphatic heterocycles. The number of ether oxygens (including phenoxy) is 1. The normalized spacial score (nSPS) is 19.7. The molecular weight excluding hydrogens is 436 g/mol. The highest BCUT2D eigenvalue weighted by Gasteiger charge is 2.31. The van der Waals surface area contributed by atoms with Crippen LogP contribution >= 0.6 is 0 Å². The van der Waals surface area contributed by atoms with E-state index in [1.165, 1.54) is 12.8 Å². The van der Waals surface area contributed by atoms with Gasteiger partial charge in [-0.1, -0.05) is 0 Å². The van der Waals surface area contributed by atoms with Gasteiger partial charge in [0.05, 0.1) is 13.2 Å². The summed E-state index contributed by atoms with van der Waals surface area (Å²) < 4.78 is 7.12. The number of hydrogen-bond acceptors (Lipinski definition) is 6. The number of rotatable bonds is 8.